The third kappa shape index (κ3) is 3.22. The minimum atomic E-state index is -0.851. The molecule has 0 aliphatic heterocycles. The first-order valence-corrected chi connectivity index (χ1v) is 6.78. The van der Waals surface area contributed by atoms with Crippen molar-refractivity contribution in [1.82, 2.24) is 0 Å². The SMILES string of the molecule is O=C(O)CC=CC1(c2ccccc2F)CCCCC1. The highest BCUT2D eigenvalue weighted by Gasteiger charge is 2.33. The summed E-state index contributed by atoms with van der Waals surface area (Å²) in [6, 6.07) is 6.85. The van der Waals surface area contributed by atoms with Crippen molar-refractivity contribution < 1.29 is 14.3 Å². The van der Waals surface area contributed by atoms with Gasteiger partial charge in [0.1, 0.15) is 5.82 Å². The van der Waals surface area contributed by atoms with Gasteiger partial charge in [-0.3, -0.25) is 4.79 Å². The Morgan fingerprint density at radius 2 is 1.95 bits per heavy atom. The minimum Gasteiger partial charge on any atom is -0.481 e. The second-order valence-electron chi connectivity index (χ2n) is 5.20. The van der Waals surface area contributed by atoms with E-state index in [1.807, 2.05) is 18.2 Å². The lowest BCUT2D eigenvalue weighted by atomic mass is 9.69. The Hall–Kier alpha value is -1.64. The van der Waals surface area contributed by atoms with E-state index in [1.54, 1.807) is 12.1 Å². The first-order chi connectivity index (χ1) is 9.14. The quantitative estimate of drug-likeness (QED) is 0.831. The number of carboxylic acid groups (broad SMARTS) is 1. The highest BCUT2D eigenvalue weighted by Crippen LogP contribution is 2.41. The van der Waals surface area contributed by atoms with E-state index < -0.39 is 5.97 Å². The first-order valence-electron chi connectivity index (χ1n) is 6.78. The number of hydrogen-bond acceptors (Lipinski definition) is 1. The summed E-state index contributed by atoms with van der Waals surface area (Å²) in [5.74, 6) is -1.04. The Bertz CT molecular complexity index is 473. The van der Waals surface area contributed by atoms with E-state index in [0.29, 0.717) is 5.56 Å². The summed E-state index contributed by atoms with van der Waals surface area (Å²) in [6.45, 7) is 0. The molecule has 0 aromatic heterocycles. The third-order valence-electron chi connectivity index (χ3n) is 3.89. The second-order valence-corrected chi connectivity index (χ2v) is 5.20. The molecule has 1 aromatic carbocycles. The zero-order valence-corrected chi connectivity index (χ0v) is 10.9. The number of carbonyl (C=O) groups is 1. The Morgan fingerprint density at radius 1 is 1.26 bits per heavy atom. The molecular formula is C16H19FO2. The maximum atomic E-state index is 14.1. The van der Waals surface area contributed by atoms with Gasteiger partial charge in [-0.05, 0) is 24.5 Å². The van der Waals surface area contributed by atoms with Gasteiger partial charge in [-0.25, -0.2) is 4.39 Å². The normalized spacial score (nSPS) is 18.6. The van der Waals surface area contributed by atoms with Crippen molar-refractivity contribution in [3.05, 3.63) is 47.8 Å². The smallest absolute Gasteiger partial charge is 0.307 e. The van der Waals surface area contributed by atoms with Gasteiger partial charge < -0.3 is 5.11 Å². The van der Waals surface area contributed by atoms with E-state index in [2.05, 4.69) is 0 Å². The standard InChI is InChI=1S/C16H19FO2/c17-14-8-3-2-7-13(14)16(10-4-1-5-11-16)12-6-9-15(18)19/h2-3,6-8,12H,1,4-5,9-11H2,(H,18,19). The molecule has 1 fully saturated rings. The molecule has 3 heteroatoms. The van der Waals surface area contributed by atoms with Crippen LogP contribution >= 0.6 is 0 Å². The summed E-state index contributed by atoms with van der Waals surface area (Å²) in [4.78, 5) is 10.6. The van der Waals surface area contributed by atoms with Gasteiger partial charge in [0, 0.05) is 5.41 Å². The van der Waals surface area contributed by atoms with Crippen molar-refractivity contribution in [2.45, 2.75) is 43.9 Å². The topological polar surface area (TPSA) is 37.3 Å². The fourth-order valence-electron chi connectivity index (χ4n) is 2.96. The fraction of sp³-hybridized carbons (Fsp3) is 0.438. The fourth-order valence-corrected chi connectivity index (χ4v) is 2.96. The molecule has 0 atom stereocenters. The van der Waals surface area contributed by atoms with Crippen molar-refractivity contribution in [2.24, 2.45) is 0 Å². The molecule has 0 heterocycles. The van der Waals surface area contributed by atoms with E-state index in [4.69, 9.17) is 5.11 Å². The molecule has 1 aromatic rings. The molecule has 2 nitrogen and oxygen atoms in total. The molecular weight excluding hydrogens is 243 g/mol. The van der Waals surface area contributed by atoms with Gasteiger partial charge in [0.2, 0.25) is 0 Å². The van der Waals surface area contributed by atoms with Crippen LogP contribution in [0.1, 0.15) is 44.1 Å². The molecule has 0 radical (unpaired) electrons. The molecule has 1 saturated carbocycles. The lowest BCUT2D eigenvalue weighted by Crippen LogP contribution is -2.28. The van der Waals surface area contributed by atoms with E-state index >= 15 is 0 Å². The summed E-state index contributed by atoms with van der Waals surface area (Å²) in [7, 11) is 0. The maximum Gasteiger partial charge on any atom is 0.307 e. The third-order valence-corrected chi connectivity index (χ3v) is 3.89. The minimum absolute atomic E-state index is 0.00377. The van der Waals surface area contributed by atoms with Gasteiger partial charge >= 0.3 is 5.97 Å². The van der Waals surface area contributed by atoms with Gasteiger partial charge in [0.05, 0.1) is 6.42 Å². The zero-order chi connectivity index (χ0) is 13.7. The summed E-state index contributed by atoms with van der Waals surface area (Å²) in [6.07, 6.45) is 8.66. The van der Waals surface area contributed by atoms with Crippen molar-refractivity contribution in [3.8, 4) is 0 Å². The van der Waals surface area contributed by atoms with Gasteiger partial charge in [-0.15, -0.1) is 0 Å². The average Bonchev–Trinajstić information content (AvgIpc) is 2.40. The molecule has 0 saturated heterocycles. The van der Waals surface area contributed by atoms with Gasteiger partial charge in [-0.2, -0.15) is 0 Å². The molecule has 1 N–H and O–H groups in total. The number of hydrogen-bond donors (Lipinski definition) is 1. The lowest BCUT2D eigenvalue weighted by molar-refractivity contribution is -0.136. The van der Waals surface area contributed by atoms with E-state index in [-0.39, 0.29) is 17.7 Å². The number of halogens is 1. The summed E-state index contributed by atoms with van der Waals surface area (Å²) in [5.41, 5.74) is 0.385. The van der Waals surface area contributed by atoms with Crippen molar-refractivity contribution in [2.75, 3.05) is 0 Å². The maximum absolute atomic E-state index is 14.1. The summed E-state index contributed by atoms with van der Waals surface area (Å²) < 4.78 is 14.1. The highest BCUT2D eigenvalue weighted by molar-refractivity contribution is 5.68. The highest BCUT2D eigenvalue weighted by atomic mass is 19.1. The molecule has 0 spiro atoms. The van der Waals surface area contributed by atoms with Crippen LogP contribution in [0.5, 0.6) is 0 Å². The summed E-state index contributed by atoms with van der Waals surface area (Å²) in [5, 5.41) is 8.73. The average molecular weight is 262 g/mol. The summed E-state index contributed by atoms with van der Waals surface area (Å²) >= 11 is 0. The van der Waals surface area contributed by atoms with Gasteiger partial charge in [0.15, 0.2) is 0 Å². The monoisotopic (exact) mass is 262 g/mol. The van der Waals surface area contributed by atoms with Gasteiger partial charge in [0.25, 0.3) is 0 Å². The largest absolute Gasteiger partial charge is 0.481 e. The van der Waals surface area contributed by atoms with Crippen LogP contribution < -0.4 is 0 Å². The van der Waals surface area contributed by atoms with Crippen LogP contribution in [-0.2, 0) is 10.2 Å². The lowest BCUT2D eigenvalue weighted by Gasteiger charge is -2.35. The molecule has 0 amide bonds. The second kappa shape index (κ2) is 6.00. The number of benzene rings is 1. The number of rotatable bonds is 4. The molecule has 102 valence electrons. The van der Waals surface area contributed by atoms with Crippen LogP contribution in [0.4, 0.5) is 4.39 Å². The Morgan fingerprint density at radius 3 is 2.58 bits per heavy atom. The van der Waals surface area contributed by atoms with Crippen molar-refractivity contribution >= 4 is 5.97 Å². The van der Waals surface area contributed by atoms with Crippen LogP contribution in [-0.4, -0.2) is 11.1 Å². The Kier molecular flexibility index (Phi) is 4.35. The first kappa shape index (κ1) is 13.8. The predicted octanol–water partition coefficient (Wildman–Crippen LogP) is 4.06. The van der Waals surface area contributed by atoms with E-state index in [0.717, 1.165) is 25.7 Å². The van der Waals surface area contributed by atoms with Crippen LogP contribution in [0, 0.1) is 5.82 Å². The number of aliphatic carboxylic acids is 1. The molecule has 1 aliphatic rings. The van der Waals surface area contributed by atoms with Crippen LogP contribution in [0.2, 0.25) is 0 Å². The van der Waals surface area contributed by atoms with Crippen LogP contribution in [0.15, 0.2) is 36.4 Å². The van der Waals surface area contributed by atoms with E-state index in [1.165, 1.54) is 12.5 Å². The van der Waals surface area contributed by atoms with Crippen LogP contribution in [0.25, 0.3) is 0 Å². The molecule has 19 heavy (non-hydrogen) atoms. The molecule has 0 bridgehead atoms. The number of carboxylic acids is 1. The molecule has 0 unspecified atom stereocenters. The molecule has 1 aliphatic carbocycles. The van der Waals surface area contributed by atoms with Gasteiger partial charge in [-0.1, -0.05) is 49.6 Å². The zero-order valence-electron chi connectivity index (χ0n) is 10.9. The van der Waals surface area contributed by atoms with E-state index in [9.17, 15) is 9.18 Å². The van der Waals surface area contributed by atoms with Crippen molar-refractivity contribution in [1.29, 1.82) is 0 Å². The Balaban J connectivity index is 2.32. The van der Waals surface area contributed by atoms with Crippen LogP contribution in [0.3, 0.4) is 0 Å². The van der Waals surface area contributed by atoms with Crippen molar-refractivity contribution in [3.63, 3.8) is 0 Å². The predicted molar refractivity (Wildman–Crippen MR) is 72.6 cm³/mol. The number of allylic oxidation sites excluding steroid dienone is 1. The Labute approximate surface area is 113 Å². The molecule has 2 rings (SSSR count).